The molecule has 0 aliphatic carbocycles. The first-order chi connectivity index (χ1) is 13.1. The number of benzene rings is 2. The summed E-state index contributed by atoms with van der Waals surface area (Å²) >= 11 is 0. The van der Waals surface area contributed by atoms with Crippen molar-refractivity contribution in [2.24, 2.45) is 11.8 Å². The molecule has 1 saturated heterocycles. The topological polar surface area (TPSA) is 80.0 Å². The van der Waals surface area contributed by atoms with Gasteiger partial charge in [-0.05, 0) is 29.7 Å². The number of likely N-dealkylation sites (tertiary alicyclic amines) is 1. The van der Waals surface area contributed by atoms with Crippen LogP contribution in [0.25, 0.3) is 10.8 Å². The summed E-state index contributed by atoms with van der Waals surface area (Å²) in [6.45, 7) is 7.45. The quantitative estimate of drug-likeness (QED) is 0.734. The highest BCUT2D eigenvalue weighted by molar-refractivity contribution is 5.94. The molecule has 27 heavy (non-hydrogen) atoms. The second-order valence-electron chi connectivity index (χ2n) is 7.73. The summed E-state index contributed by atoms with van der Waals surface area (Å²) in [5.74, 6) is 2.85. The maximum atomic E-state index is 5.96. The van der Waals surface area contributed by atoms with Crippen LogP contribution < -0.4 is 11.1 Å². The van der Waals surface area contributed by atoms with Gasteiger partial charge in [0.15, 0.2) is 0 Å². The molecule has 2 unspecified atom stereocenters. The number of hydrogen-bond acceptors (Lipinski definition) is 6. The Labute approximate surface area is 159 Å². The summed E-state index contributed by atoms with van der Waals surface area (Å²) in [5.41, 5.74) is 6.93. The average molecular weight is 362 g/mol. The van der Waals surface area contributed by atoms with Crippen LogP contribution in [0.1, 0.15) is 26.1 Å². The fraction of sp³-hybridized carbons (Fsp3) is 0.381. The Bertz CT molecular complexity index is 926. The number of nitrogens with zero attached hydrogens (tertiary/aromatic N) is 4. The smallest absolute Gasteiger partial charge is 0.232 e. The van der Waals surface area contributed by atoms with Crippen LogP contribution in [0.2, 0.25) is 0 Å². The molecule has 2 heterocycles. The van der Waals surface area contributed by atoms with Gasteiger partial charge < -0.3 is 11.1 Å². The molecule has 0 amide bonds. The third-order valence-electron chi connectivity index (χ3n) is 5.04. The molecule has 0 saturated carbocycles. The largest absolute Gasteiger partial charge is 0.368 e. The van der Waals surface area contributed by atoms with E-state index in [0.717, 1.165) is 24.2 Å². The van der Waals surface area contributed by atoms with Gasteiger partial charge in [-0.2, -0.15) is 15.0 Å². The predicted octanol–water partition coefficient (Wildman–Crippen LogP) is 3.83. The zero-order valence-corrected chi connectivity index (χ0v) is 15.9. The molecule has 6 heteroatoms. The van der Waals surface area contributed by atoms with Crippen molar-refractivity contribution in [1.82, 2.24) is 19.9 Å². The molecule has 140 valence electrons. The molecule has 1 fully saturated rings. The van der Waals surface area contributed by atoms with E-state index in [0.29, 0.717) is 30.2 Å². The third kappa shape index (κ3) is 4.17. The zero-order chi connectivity index (χ0) is 18.8. The van der Waals surface area contributed by atoms with Gasteiger partial charge >= 0.3 is 0 Å². The molecule has 0 bridgehead atoms. The summed E-state index contributed by atoms with van der Waals surface area (Å²) in [4.78, 5) is 15.7. The van der Waals surface area contributed by atoms with E-state index in [-0.39, 0.29) is 5.95 Å². The number of hydrogen-bond donors (Lipinski definition) is 2. The summed E-state index contributed by atoms with van der Waals surface area (Å²) in [6, 6.07) is 14.4. The number of piperidine rings is 1. The van der Waals surface area contributed by atoms with E-state index in [4.69, 9.17) is 5.73 Å². The maximum Gasteiger partial charge on any atom is 0.232 e. The van der Waals surface area contributed by atoms with Crippen molar-refractivity contribution in [1.29, 1.82) is 0 Å². The minimum Gasteiger partial charge on any atom is -0.368 e. The fourth-order valence-corrected chi connectivity index (χ4v) is 4.14. The van der Waals surface area contributed by atoms with E-state index in [1.54, 1.807) is 0 Å². The SMILES string of the molecule is CC1CC(C)CN(Cc2nc(N)nc(Nc3cccc4ccccc34)n2)C1. The minimum absolute atomic E-state index is 0.251. The first-order valence-corrected chi connectivity index (χ1v) is 9.54. The minimum atomic E-state index is 0.251. The van der Waals surface area contributed by atoms with E-state index in [2.05, 4.69) is 57.2 Å². The van der Waals surface area contributed by atoms with E-state index < -0.39 is 0 Å². The van der Waals surface area contributed by atoms with Gasteiger partial charge in [0.05, 0.1) is 6.54 Å². The van der Waals surface area contributed by atoms with Gasteiger partial charge in [-0.1, -0.05) is 50.2 Å². The average Bonchev–Trinajstić information content (AvgIpc) is 2.60. The Hall–Kier alpha value is -2.73. The highest BCUT2D eigenvalue weighted by atomic mass is 15.2. The van der Waals surface area contributed by atoms with Gasteiger partial charge in [-0.3, -0.25) is 4.90 Å². The van der Waals surface area contributed by atoms with Crippen molar-refractivity contribution in [3.05, 3.63) is 48.3 Å². The molecule has 0 spiro atoms. The van der Waals surface area contributed by atoms with Crippen LogP contribution in [0.4, 0.5) is 17.6 Å². The number of anilines is 3. The standard InChI is InChI=1S/C21H26N6/c1-14-10-15(2)12-27(11-14)13-19-24-20(22)26-21(25-19)23-18-9-5-7-16-6-3-4-8-17(16)18/h3-9,14-15H,10-13H2,1-2H3,(H3,22,23,24,25,26). The third-order valence-corrected chi connectivity index (χ3v) is 5.04. The van der Waals surface area contributed by atoms with Crippen molar-refractivity contribution >= 4 is 28.4 Å². The van der Waals surface area contributed by atoms with Crippen molar-refractivity contribution in [3.8, 4) is 0 Å². The number of rotatable bonds is 4. The monoisotopic (exact) mass is 362 g/mol. The fourth-order valence-electron chi connectivity index (χ4n) is 4.14. The Balaban J connectivity index is 1.57. The lowest BCUT2D eigenvalue weighted by Gasteiger charge is -2.34. The lowest BCUT2D eigenvalue weighted by Crippen LogP contribution is -2.38. The van der Waals surface area contributed by atoms with Gasteiger partial charge in [-0.25, -0.2) is 0 Å². The van der Waals surface area contributed by atoms with Crippen molar-refractivity contribution in [2.45, 2.75) is 26.8 Å². The summed E-state index contributed by atoms with van der Waals surface area (Å²) < 4.78 is 0. The molecular formula is C21H26N6. The second kappa shape index (κ2) is 7.48. The maximum absolute atomic E-state index is 5.96. The zero-order valence-electron chi connectivity index (χ0n) is 15.9. The number of nitrogen functional groups attached to an aromatic ring is 1. The van der Waals surface area contributed by atoms with Crippen LogP contribution in [0.3, 0.4) is 0 Å². The molecule has 1 aliphatic rings. The van der Waals surface area contributed by atoms with Crippen LogP contribution in [-0.4, -0.2) is 32.9 Å². The summed E-state index contributed by atoms with van der Waals surface area (Å²) in [7, 11) is 0. The number of aromatic nitrogens is 3. The first-order valence-electron chi connectivity index (χ1n) is 9.54. The number of nitrogens with two attached hydrogens (primary N) is 1. The van der Waals surface area contributed by atoms with Crippen molar-refractivity contribution < 1.29 is 0 Å². The normalized spacial score (nSPS) is 20.7. The molecule has 0 radical (unpaired) electrons. The van der Waals surface area contributed by atoms with E-state index >= 15 is 0 Å². The van der Waals surface area contributed by atoms with Crippen LogP contribution >= 0.6 is 0 Å². The summed E-state index contributed by atoms with van der Waals surface area (Å²) in [5, 5.41) is 5.61. The number of nitrogens with one attached hydrogen (secondary N) is 1. The first kappa shape index (κ1) is 17.7. The molecule has 6 nitrogen and oxygen atoms in total. The lowest BCUT2D eigenvalue weighted by molar-refractivity contribution is 0.131. The van der Waals surface area contributed by atoms with Gasteiger partial charge in [0.1, 0.15) is 5.82 Å². The van der Waals surface area contributed by atoms with Gasteiger partial charge in [0, 0.05) is 24.2 Å². The van der Waals surface area contributed by atoms with Gasteiger partial charge in [0.25, 0.3) is 0 Å². The molecule has 3 N–H and O–H groups in total. The molecule has 4 rings (SSSR count). The number of fused-ring (bicyclic) bond motifs is 1. The van der Waals surface area contributed by atoms with Gasteiger partial charge in [0.2, 0.25) is 11.9 Å². The van der Waals surface area contributed by atoms with Gasteiger partial charge in [-0.15, -0.1) is 0 Å². The summed E-state index contributed by atoms with van der Waals surface area (Å²) in [6.07, 6.45) is 1.28. The lowest BCUT2D eigenvalue weighted by atomic mass is 9.92. The van der Waals surface area contributed by atoms with Crippen molar-refractivity contribution in [3.63, 3.8) is 0 Å². The molecule has 2 atom stereocenters. The second-order valence-corrected chi connectivity index (χ2v) is 7.73. The van der Waals surface area contributed by atoms with Crippen LogP contribution in [0, 0.1) is 11.8 Å². The molecule has 1 aliphatic heterocycles. The molecule has 2 aromatic carbocycles. The highest BCUT2D eigenvalue weighted by Gasteiger charge is 2.22. The van der Waals surface area contributed by atoms with Crippen LogP contribution in [-0.2, 0) is 6.54 Å². The Kier molecular flexibility index (Phi) is 4.90. The Morgan fingerprint density at radius 2 is 1.74 bits per heavy atom. The molecular weight excluding hydrogens is 336 g/mol. The predicted molar refractivity (Wildman–Crippen MR) is 110 cm³/mol. The Morgan fingerprint density at radius 3 is 2.56 bits per heavy atom. The van der Waals surface area contributed by atoms with E-state index in [9.17, 15) is 0 Å². The van der Waals surface area contributed by atoms with Crippen molar-refractivity contribution in [2.75, 3.05) is 24.1 Å². The Morgan fingerprint density at radius 1 is 1.00 bits per heavy atom. The molecule has 3 aromatic rings. The molecule has 1 aromatic heterocycles. The van der Waals surface area contributed by atoms with Crippen LogP contribution in [0.15, 0.2) is 42.5 Å². The van der Waals surface area contributed by atoms with E-state index in [1.807, 2.05) is 24.3 Å². The van der Waals surface area contributed by atoms with Crippen LogP contribution in [0.5, 0.6) is 0 Å². The highest BCUT2D eigenvalue weighted by Crippen LogP contribution is 2.26. The van der Waals surface area contributed by atoms with E-state index in [1.165, 1.54) is 11.8 Å².